The minimum atomic E-state index is 0.515. The standard InChI is InChI=1S/C15H12N4O/c20-11-13-10-19(9-12-4-2-1-3-5-12)18-15(13)14-8-16-6-7-17-14/h1-8,10-11H,9H2. The minimum absolute atomic E-state index is 0.515. The van der Waals surface area contributed by atoms with Gasteiger partial charge in [0, 0.05) is 18.6 Å². The Morgan fingerprint density at radius 2 is 2.00 bits per heavy atom. The first-order chi connectivity index (χ1) is 9.86. The first-order valence-electron chi connectivity index (χ1n) is 6.20. The van der Waals surface area contributed by atoms with Crippen LogP contribution in [-0.4, -0.2) is 26.0 Å². The van der Waals surface area contributed by atoms with Crippen molar-refractivity contribution in [2.75, 3.05) is 0 Å². The third-order valence-electron chi connectivity index (χ3n) is 2.91. The zero-order valence-corrected chi connectivity index (χ0v) is 10.7. The largest absolute Gasteiger partial charge is 0.298 e. The maximum atomic E-state index is 11.2. The van der Waals surface area contributed by atoms with Crippen molar-refractivity contribution in [3.8, 4) is 11.4 Å². The van der Waals surface area contributed by atoms with E-state index < -0.39 is 0 Å². The van der Waals surface area contributed by atoms with Crippen LogP contribution in [0.15, 0.2) is 55.1 Å². The van der Waals surface area contributed by atoms with Crippen molar-refractivity contribution in [1.82, 2.24) is 19.7 Å². The summed E-state index contributed by atoms with van der Waals surface area (Å²) in [5.41, 5.74) is 2.80. The highest BCUT2D eigenvalue weighted by Gasteiger charge is 2.12. The van der Waals surface area contributed by atoms with E-state index in [9.17, 15) is 4.79 Å². The number of hydrogen-bond donors (Lipinski definition) is 0. The predicted octanol–water partition coefficient (Wildman–Crippen LogP) is 2.20. The van der Waals surface area contributed by atoms with Gasteiger partial charge in [0.1, 0.15) is 11.4 Å². The topological polar surface area (TPSA) is 60.7 Å². The molecule has 3 aromatic rings. The molecule has 0 N–H and O–H groups in total. The van der Waals surface area contributed by atoms with Gasteiger partial charge < -0.3 is 0 Å². The summed E-state index contributed by atoms with van der Waals surface area (Å²) in [5, 5.41) is 4.43. The van der Waals surface area contributed by atoms with Crippen LogP contribution in [0.3, 0.4) is 0 Å². The van der Waals surface area contributed by atoms with Gasteiger partial charge in [0.2, 0.25) is 0 Å². The van der Waals surface area contributed by atoms with Gasteiger partial charge in [0.05, 0.1) is 18.3 Å². The Morgan fingerprint density at radius 1 is 1.15 bits per heavy atom. The van der Waals surface area contributed by atoms with Crippen molar-refractivity contribution >= 4 is 6.29 Å². The second kappa shape index (κ2) is 5.44. The molecule has 0 saturated heterocycles. The van der Waals surface area contributed by atoms with Gasteiger partial charge in [0.15, 0.2) is 6.29 Å². The zero-order chi connectivity index (χ0) is 13.8. The van der Waals surface area contributed by atoms with Gasteiger partial charge in [-0.15, -0.1) is 0 Å². The Balaban J connectivity index is 1.95. The Labute approximate surface area is 115 Å². The van der Waals surface area contributed by atoms with E-state index in [1.165, 1.54) is 0 Å². The lowest BCUT2D eigenvalue weighted by atomic mass is 10.2. The van der Waals surface area contributed by atoms with Crippen LogP contribution in [0.5, 0.6) is 0 Å². The third kappa shape index (κ3) is 2.47. The Kier molecular flexibility index (Phi) is 3.33. The Bertz CT molecular complexity index is 707. The van der Waals surface area contributed by atoms with Gasteiger partial charge in [-0.2, -0.15) is 5.10 Å². The summed E-state index contributed by atoms with van der Waals surface area (Å²) >= 11 is 0. The molecule has 1 aromatic carbocycles. The van der Waals surface area contributed by atoms with Crippen LogP contribution in [0.1, 0.15) is 15.9 Å². The fourth-order valence-electron chi connectivity index (χ4n) is 1.99. The number of benzene rings is 1. The van der Waals surface area contributed by atoms with Gasteiger partial charge in [-0.25, -0.2) is 0 Å². The van der Waals surface area contributed by atoms with Gasteiger partial charge in [-0.05, 0) is 5.56 Å². The van der Waals surface area contributed by atoms with Crippen LogP contribution in [0, 0.1) is 0 Å². The number of carbonyl (C=O) groups excluding carboxylic acids is 1. The Hall–Kier alpha value is -2.82. The van der Waals surface area contributed by atoms with Gasteiger partial charge >= 0.3 is 0 Å². The molecule has 0 bridgehead atoms. The van der Waals surface area contributed by atoms with Crippen LogP contribution in [-0.2, 0) is 6.54 Å². The van der Waals surface area contributed by atoms with E-state index in [0.29, 0.717) is 23.5 Å². The van der Waals surface area contributed by atoms with Gasteiger partial charge in [-0.3, -0.25) is 19.4 Å². The first kappa shape index (κ1) is 12.2. The molecule has 2 aromatic heterocycles. The molecule has 0 spiro atoms. The molecule has 2 heterocycles. The lowest BCUT2D eigenvalue weighted by Crippen LogP contribution is -2.00. The smallest absolute Gasteiger partial charge is 0.153 e. The molecule has 0 fully saturated rings. The molecule has 0 amide bonds. The number of nitrogens with zero attached hydrogens (tertiary/aromatic N) is 4. The molecule has 0 unspecified atom stereocenters. The molecule has 0 saturated carbocycles. The van der Waals surface area contributed by atoms with E-state index in [1.807, 2.05) is 30.3 Å². The van der Waals surface area contributed by atoms with Crippen LogP contribution >= 0.6 is 0 Å². The van der Waals surface area contributed by atoms with E-state index in [-0.39, 0.29) is 0 Å². The van der Waals surface area contributed by atoms with Crippen molar-refractivity contribution in [3.05, 3.63) is 66.2 Å². The van der Waals surface area contributed by atoms with E-state index in [4.69, 9.17) is 0 Å². The molecule has 5 heteroatoms. The molecule has 0 aliphatic rings. The lowest BCUT2D eigenvalue weighted by Gasteiger charge is -2.00. The number of carbonyl (C=O) groups is 1. The second-order valence-electron chi connectivity index (χ2n) is 4.32. The summed E-state index contributed by atoms with van der Waals surface area (Å²) in [6.07, 6.45) is 7.29. The van der Waals surface area contributed by atoms with Crippen LogP contribution in [0.25, 0.3) is 11.4 Å². The molecule has 0 atom stereocenters. The zero-order valence-electron chi connectivity index (χ0n) is 10.7. The second-order valence-corrected chi connectivity index (χ2v) is 4.32. The molecular weight excluding hydrogens is 252 g/mol. The van der Waals surface area contributed by atoms with E-state index in [1.54, 1.807) is 29.5 Å². The normalized spacial score (nSPS) is 10.4. The third-order valence-corrected chi connectivity index (χ3v) is 2.91. The lowest BCUT2D eigenvalue weighted by molar-refractivity contribution is 0.112. The number of rotatable bonds is 4. The van der Waals surface area contributed by atoms with Crippen molar-refractivity contribution in [2.24, 2.45) is 0 Å². The molecule has 0 aliphatic carbocycles. The highest BCUT2D eigenvalue weighted by molar-refractivity contribution is 5.84. The average molecular weight is 264 g/mol. The summed E-state index contributed by atoms with van der Waals surface area (Å²) in [5.74, 6) is 0. The van der Waals surface area contributed by atoms with Gasteiger partial charge in [-0.1, -0.05) is 30.3 Å². The summed E-state index contributed by atoms with van der Waals surface area (Å²) in [7, 11) is 0. The van der Waals surface area contributed by atoms with E-state index in [0.717, 1.165) is 11.8 Å². The molecule has 3 rings (SSSR count). The highest BCUT2D eigenvalue weighted by atomic mass is 16.1. The number of aldehydes is 1. The molecule has 0 radical (unpaired) electrons. The molecular formula is C15H12N4O. The summed E-state index contributed by atoms with van der Waals surface area (Å²) in [6.45, 7) is 0.613. The van der Waals surface area contributed by atoms with E-state index in [2.05, 4.69) is 15.1 Å². The maximum Gasteiger partial charge on any atom is 0.153 e. The maximum absolute atomic E-state index is 11.2. The first-order valence-corrected chi connectivity index (χ1v) is 6.20. The minimum Gasteiger partial charge on any atom is -0.298 e. The summed E-state index contributed by atoms with van der Waals surface area (Å²) < 4.78 is 1.74. The van der Waals surface area contributed by atoms with Gasteiger partial charge in [0.25, 0.3) is 0 Å². The van der Waals surface area contributed by atoms with Crippen molar-refractivity contribution in [1.29, 1.82) is 0 Å². The predicted molar refractivity (Wildman–Crippen MR) is 74.2 cm³/mol. The van der Waals surface area contributed by atoms with Crippen molar-refractivity contribution < 1.29 is 4.79 Å². The fraction of sp³-hybridized carbons (Fsp3) is 0.0667. The Morgan fingerprint density at radius 3 is 2.70 bits per heavy atom. The molecule has 20 heavy (non-hydrogen) atoms. The van der Waals surface area contributed by atoms with Crippen LogP contribution in [0.4, 0.5) is 0 Å². The van der Waals surface area contributed by atoms with Crippen LogP contribution < -0.4 is 0 Å². The highest BCUT2D eigenvalue weighted by Crippen LogP contribution is 2.18. The van der Waals surface area contributed by atoms with E-state index >= 15 is 0 Å². The summed E-state index contributed by atoms with van der Waals surface area (Å²) in [4.78, 5) is 19.3. The molecule has 98 valence electrons. The van der Waals surface area contributed by atoms with Crippen molar-refractivity contribution in [2.45, 2.75) is 6.54 Å². The number of aromatic nitrogens is 4. The SMILES string of the molecule is O=Cc1cn(Cc2ccccc2)nc1-c1cnccn1. The fourth-order valence-corrected chi connectivity index (χ4v) is 1.99. The number of hydrogen-bond acceptors (Lipinski definition) is 4. The molecule has 0 aliphatic heterocycles. The summed E-state index contributed by atoms with van der Waals surface area (Å²) in [6, 6.07) is 9.95. The quantitative estimate of drug-likeness (QED) is 0.678. The molecule has 5 nitrogen and oxygen atoms in total. The van der Waals surface area contributed by atoms with Crippen molar-refractivity contribution in [3.63, 3.8) is 0 Å². The average Bonchev–Trinajstić information content (AvgIpc) is 2.92. The van der Waals surface area contributed by atoms with Crippen LogP contribution in [0.2, 0.25) is 0 Å². The monoisotopic (exact) mass is 264 g/mol.